The molecule has 3 amide bonds. The Kier molecular flexibility index (Phi) is 9.90. The number of carbonyl (C=O) groups is 3. The molecule has 0 saturated carbocycles. The number of nitrogens with one attached hydrogen (secondary N) is 3. The van der Waals surface area contributed by atoms with Gasteiger partial charge in [-0.15, -0.1) is 0 Å². The number of hydrazone groups is 1. The molecule has 3 N–H and O–H groups in total. The average Bonchev–Trinajstić information content (AvgIpc) is 2.89. The number of anilines is 2. The van der Waals surface area contributed by atoms with Gasteiger partial charge in [-0.05, 0) is 60.7 Å². The number of amides is 3. The number of rotatable bonds is 8. The second kappa shape index (κ2) is 13.1. The zero-order chi connectivity index (χ0) is 28.6. The number of benzene rings is 3. The predicted octanol–water partition coefficient (Wildman–Crippen LogP) is 5.24. The van der Waals surface area contributed by atoms with Gasteiger partial charge in [0.1, 0.15) is 11.5 Å². The molecule has 0 fully saturated rings. The molecule has 0 aromatic heterocycles. The Morgan fingerprint density at radius 2 is 1.72 bits per heavy atom. The molecule has 0 aliphatic carbocycles. The van der Waals surface area contributed by atoms with Gasteiger partial charge in [-0.2, -0.15) is 18.3 Å². The lowest BCUT2D eigenvalue weighted by Gasteiger charge is -2.15. The highest BCUT2D eigenvalue weighted by Crippen LogP contribution is 2.36. The number of halogens is 5. The minimum Gasteiger partial charge on any atom is -0.497 e. The maximum Gasteiger partial charge on any atom is 0.418 e. The van der Waals surface area contributed by atoms with Gasteiger partial charge in [-0.3, -0.25) is 14.4 Å². The highest BCUT2D eigenvalue weighted by atomic mass is 79.9. The number of ether oxygens (including phenoxy) is 2. The normalized spacial score (nSPS) is 11.1. The van der Waals surface area contributed by atoms with Crippen LogP contribution in [0.25, 0.3) is 0 Å². The number of carbonyl (C=O) groups excluding carboxylic acids is 3. The van der Waals surface area contributed by atoms with Crippen LogP contribution in [-0.4, -0.2) is 37.7 Å². The van der Waals surface area contributed by atoms with Crippen molar-refractivity contribution < 1.29 is 37.0 Å². The molecular formula is C25H19BrClF3N4O5. The van der Waals surface area contributed by atoms with E-state index in [1.807, 2.05) is 5.43 Å². The fourth-order valence-corrected chi connectivity index (χ4v) is 3.56. The number of alkyl halides is 3. The molecule has 0 saturated heterocycles. The molecule has 0 spiro atoms. The number of methoxy groups -OCH3 is 1. The van der Waals surface area contributed by atoms with Crippen molar-refractivity contribution >= 4 is 62.8 Å². The summed E-state index contributed by atoms with van der Waals surface area (Å²) in [4.78, 5) is 36.4. The summed E-state index contributed by atoms with van der Waals surface area (Å²) in [7, 11) is 1.49. The van der Waals surface area contributed by atoms with Crippen molar-refractivity contribution in [2.45, 2.75) is 6.18 Å². The molecule has 0 bridgehead atoms. The summed E-state index contributed by atoms with van der Waals surface area (Å²) in [6.45, 7) is -0.646. The molecular weight excluding hydrogens is 609 g/mol. The number of nitrogens with zero attached hydrogens (tertiary/aromatic N) is 1. The van der Waals surface area contributed by atoms with Crippen LogP contribution in [0.15, 0.2) is 70.2 Å². The second-order valence-electron chi connectivity index (χ2n) is 7.59. The molecule has 0 heterocycles. The fraction of sp³-hybridized carbons (Fsp3) is 0.120. The van der Waals surface area contributed by atoms with Crippen molar-refractivity contribution in [3.8, 4) is 11.5 Å². The first-order valence-corrected chi connectivity index (χ1v) is 12.0. The van der Waals surface area contributed by atoms with Gasteiger partial charge in [0.15, 0.2) is 6.61 Å². The summed E-state index contributed by atoms with van der Waals surface area (Å²) >= 11 is 8.97. The van der Waals surface area contributed by atoms with Crippen LogP contribution in [0, 0.1) is 0 Å². The van der Waals surface area contributed by atoms with Gasteiger partial charge in [0.2, 0.25) is 0 Å². The topological polar surface area (TPSA) is 118 Å². The molecule has 9 nitrogen and oxygen atoms in total. The molecule has 0 unspecified atom stereocenters. The van der Waals surface area contributed by atoms with E-state index in [1.54, 1.807) is 24.3 Å². The SMILES string of the molecule is COc1ccc(NC(=O)C(=O)N/N=C\c2cc(Cl)ccc2OCC(=O)Nc2ccc(Br)cc2C(F)(F)F)cc1. The molecule has 0 aliphatic rings. The third-order valence-corrected chi connectivity index (χ3v) is 5.54. The van der Waals surface area contributed by atoms with E-state index in [2.05, 4.69) is 31.7 Å². The van der Waals surface area contributed by atoms with Crippen LogP contribution in [0.5, 0.6) is 11.5 Å². The molecule has 0 aliphatic heterocycles. The van der Waals surface area contributed by atoms with E-state index in [-0.39, 0.29) is 20.8 Å². The van der Waals surface area contributed by atoms with Gasteiger partial charge in [0, 0.05) is 20.7 Å². The summed E-state index contributed by atoms with van der Waals surface area (Å²) in [6.07, 6.45) is -3.57. The van der Waals surface area contributed by atoms with Crippen molar-refractivity contribution in [2.24, 2.45) is 5.10 Å². The highest BCUT2D eigenvalue weighted by Gasteiger charge is 2.34. The molecule has 3 rings (SSSR count). The minimum atomic E-state index is -4.69. The van der Waals surface area contributed by atoms with Crippen molar-refractivity contribution in [1.82, 2.24) is 5.43 Å². The van der Waals surface area contributed by atoms with Gasteiger partial charge in [-0.1, -0.05) is 27.5 Å². The Balaban J connectivity index is 1.61. The molecule has 0 radical (unpaired) electrons. The Morgan fingerprint density at radius 1 is 1.00 bits per heavy atom. The van der Waals surface area contributed by atoms with Crippen molar-refractivity contribution in [3.63, 3.8) is 0 Å². The van der Waals surface area contributed by atoms with Crippen molar-refractivity contribution in [3.05, 3.63) is 81.3 Å². The van der Waals surface area contributed by atoms with Gasteiger partial charge >= 0.3 is 18.0 Å². The Bertz CT molecular complexity index is 1400. The maximum atomic E-state index is 13.3. The van der Waals surface area contributed by atoms with Gasteiger partial charge in [0.05, 0.1) is 24.6 Å². The molecule has 204 valence electrons. The predicted molar refractivity (Wildman–Crippen MR) is 142 cm³/mol. The van der Waals surface area contributed by atoms with E-state index in [4.69, 9.17) is 21.1 Å². The van der Waals surface area contributed by atoms with E-state index >= 15 is 0 Å². The lowest BCUT2D eigenvalue weighted by atomic mass is 10.1. The quantitative estimate of drug-likeness (QED) is 0.180. The summed E-state index contributed by atoms with van der Waals surface area (Å²) in [5.41, 5.74) is 1.15. The second-order valence-corrected chi connectivity index (χ2v) is 8.94. The molecule has 3 aromatic rings. The molecule has 14 heteroatoms. The Labute approximate surface area is 233 Å². The number of hydrogen-bond donors (Lipinski definition) is 3. The van der Waals surface area contributed by atoms with E-state index < -0.39 is 41.8 Å². The third-order valence-electron chi connectivity index (χ3n) is 4.82. The molecule has 39 heavy (non-hydrogen) atoms. The smallest absolute Gasteiger partial charge is 0.418 e. The van der Waals surface area contributed by atoms with Crippen LogP contribution in [0.2, 0.25) is 5.02 Å². The number of hydrogen-bond acceptors (Lipinski definition) is 6. The summed E-state index contributed by atoms with van der Waals surface area (Å²) in [6, 6.07) is 13.8. The first-order chi connectivity index (χ1) is 18.5. The van der Waals surface area contributed by atoms with E-state index in [9.17, 15) is 27.6 Å². The van der Waals surface area contributed by atoms with E-state index in [1.165, 1.54) is 31.4 Å². The Hall–Kier alpha value is -4.10. The average molecular weight is 628 g/mol. The van der Waals surface area contributed by atoms with Crippen LogP contribution in [0.1, 0.15) is 11.1 Å². The lowest BCUT2D eigenvalue weighted by molar-refractivity contribution is -0.137. The monoisotopic (exact) mass is 626 g/mol. The van der Waals surface area contributed by atoms with Gasteiger partial charge in [0.25, 0.3) is 5.91 Å². The van der Waals surface area contributed by atoms with Crippen LogP contribution >= 0.6 is 27.5 Å². The lowest BCUT2D eigenvalue weighted by Crippen LogP contribution is -2.32. The first kappa shape index (κ1) is 29.5. The fourth-order valence-electron chi connectivity index (χ4n) is 3.01. The highest BCUT2D eigenvalue weighted by molar-refractivity contribution is 9.10. The third kappa shape index (κ3) is 8.72. The first-order valence-electron chi connectivity index (χ1n) is 10.8. The molecule has 0 atom stereocenters. The largest absolute Gasteiger partial charge is 0.497 e. The Morgan fingerprint density at radius 3 is 2.38 bits per heavy atom. The standard InChI is InChI=1S/C25H19BrClF3N4O5/c1-38-18-6-4-17(5-7-18)32-23(36)24(37)34-31-12-14-10-16(27)3-9-21(14)39-13-22(35)33-20-8-2-15(26)11-19(20)25(28,29)30/h2-12H,13H2,1H3,(H,32,36)(H,33,35)(H,34,37)/b31-12-. The van der Waals surface area contributed by atoms with Crippen LogP contribution in [-0.2, 0) is 20.6 Å². The van der Waals surface area contributed by atoms with E-state index in [0.29, 0.717) is 11.4 Å². The van der Waals surface area contributed by atoms with Crippen molar-refractivity contribution in [1.29, 1.82) is 0 Å². The van der Waals surface area contributed by atoms with Crippen LogP contribution in [0.4, 0.5) is 24.5 Å². The van der Waals surface area contributed by atoms with Crippen LogP contribution < -0.4 is 25.5 Å². The van der Waals surface area contributed by atoms with Gasteiger partial charge in [-0.25, -0.2) is 5.43 Å². The zero-order valence-corrected chi connectivity index (χ0v) is 22.3. The van der Waals surface area contributed by atoms with Crippen LogP contribution in [0.3, 0.4) is 0 Å². The summed E-state index contributed by atoms with van der Waals surface area (Å²) in [5, 5.41) is 8.52. The summed E-state index contributed by atoms with van der Waals surface area (Å²) in [5.74, 6) is -2.26. The maximum absolute atomic E-state index is 13.3. The van der Waals surface area contributed by atoms with Crippen molar-refractivity contribution in [2.75, 3.05) is 24.4 Å². The molecule has 3 aromatic carbocycles. The summed E-state index contributed by atoms with van der Waals surface area (Å²) < 4.78 is 50.5. The zero-order valence-electron chi connectivity index (χ0n) is 19.9. The van der Waals surface area contributed by atoms with Gasteiger partial charge < -0.3 is 20.1 Å². The van der Waals surface area contributed by atoms with E-state index in [0.717, 1.165) is 18.3 Å². The minimum absolute atomic E-state index is 0.0853.